The third-order valence-corrected chi connectivity index (χ3v) is 5.58. The van der Waals surface area contributed by atoms with Crippen molar-refractivity contribution in [1.82, 2.24) is 25.0 Å². The smallest absolute Gasteiger partial charge is 0.291 e. The lowest BCUT2D eigenvalue weighted by molar-refractivity contribution is 0.0940. The van der Waals surface area contributed by atoms with Gasteiger partial charge < -0.3 is 15.0 Å². The van der Waals surface area contributed by atoms with Crippen LogP contribution in [-0.4, -0.2) is 52.8 Å². The zero-order valence-electron chi connectivity index (χ0n) is 18.1. The molecule has 0 aliphatic carbocycles. The molecular formula is C24H25N5O2S. The molecule has 0 aliphatic rings. The Labute approximate surface area is 191 Å². The van der Waals surface area contributed by atoms with E-state index >= 15 is 0 Å². The Morgan fingerprint density at radius 1 is 1.09 bits per heavy atom. The minimum Gasteiger partial charge on any atom is -0.492 e. The molecule has 8 heteroatoms. The second-order valence-corrected chi connectivity index (χ2v) is 8.41. The van der Waals surface area contributed by atoms with Gasteiger partial charge in [-0.15, -0.1) is 16.4 Å². The van der Waals surface area contributed by atoms with Crippen LogP contribution in [0.25, 0.3) is 16.4 Å². The Hall–Kier alpha value is -3.49. The number of hydrogen-bond acceptors (Lipinski definition) is 6. The van der Waals surface area contributed by atoms with Crippen LogP contribution in [0.1, 0.15) is 16.2 Å². The number of hydrogen-bond donors (Lipinski definition) is 1. The zero-order chi connectivity index (χ0) is 22.3. The molecule has 0 fully saturated rings. The summed E-state index contributed by atoms with van der Waals surface area (Å²) >= 11 is 1.56. The summed E-state index contributed by atoms with van der Waals surface area (Å²) in [5, 5.41) is 9.39. The van der Waals surface area contributed by atoms with Crippen LogP contribution < -0.4 is 10.1 Å². The number of carbonyl (C=O) groups excluding carboxylic acids is 1. The topological polar surface area (TPSA) is 72.3 Å². The number of likely N-dealkylation sites (N-methyl/N-ethyl adjacent to an activating group) is 1. The lowest BCUT2D eigenvalue weighted by atomic mass is 10.2. The third kappa shape index (κ3) is 5.40. The minimum atomic E-state index is -0.323. The summed E-state index contributed by atoms with van der Waals surface area (Å²) in [6.45, 7) is 1.80. The summed E-state index contributed by atoms with van der Waals surface area (Å²) in [7, 11) is 4.01. The second kappa shape index (κ2) is 10.2. The molecule has 2 aromatic carbocycles. The molecule has 2 aromatic heterocycles. The van der Waals surface area contributed by atoms with Crippen LogP contribution >= 0.6 is 11.3 Å². The lowest BCUT2D eigenvalue weighted by Crippen LogP contribution is -2.24. The molecule has 0 unspecified atom stereocenters. The van der Waals surface area contributed by atoms with E-state index in [9.17, 15) is 4.79 Å². The molecule has 7 nitrogen and oxygen atoms in total. The fourth-order valence-electron chi connectivity index (χ4n) is 3.08. The van der Waals surface area contributed by atoms with Crippen LogP contribution in [0.15, 0.2) is 72.1 Å². The van der Waals surface area contributed by atoms with Gasteiger partial charge in [0, 0.05) is 13.1 Å². The number of ether oxygens (including phenoxy) is 1. The quantitative estimate of drug-likeness (QED) is 0.422. The minimum absolute atomic E-state index is 0.135. The van der Waals surface area contributed by atoms with E-state index < -0.39 is 0 Å². The van der Waals surface area contributed by atoms with E-state index in [1.54, 1.807) is 16.0 Å². The van der Waals surface area contributed by atoms with Crippen LogP contribution in [0, 0.1) is 0 Å². The van der Waals surface area contributed by atoms with Gasteiger partial charge in [-0.1, -0.05) is 36.4 Å². The van der Waals surface area contributed by atoms with E-state index in [1.165, 1.54) is 0 Å². The van der Waals surface area contributed by atoms with Gasteiger partial charge in [0.05, 0.1) is 10.6 Å². The molecule has 0 saturated heterocycles. The molecule has 0 atom stereocenters. The van der Waals surface area contributed by atoms with Crippen molar-refractivity contribution in [3.05, 3.63) is 83.5 Å². The molecule has 0 bridgehead atoms. The normalized spacial score (nSPS) is 11.0. The van der Waals surface area contributed by atoms with Crippen LogP contribution in [0.5, 0.6) is 5.75 Å². The average Bonchev–Trinajstić information content (AvgIpc) is 3.48. The van der Waals surface area contributed by atoms with Crippen molar-refractivity contribution in [2.75, 3.05) is 27.2 Å². The predicted octanol–water partition coefficient (Wildman–Crippen LogP) is 3.87. The van der Waals surface area contributed by atoms with Gasteiger partial charge in [-0.3, -0.25) is 4.79 Å². The predicted molar refractivity (Wildman–Crippen MR) is 126 cm³/mol. The SMILES string of the molecule is CN(C)CCOc1cccc(CNC(=O)c2nc(-c3cccs3)n(-c3ccccc3)n2)c1. The summed E-state index contributed by atoms with van der Waals surface area (Å²) in [6.07, 6.45) is 0. The summed E-state index contributed by atoms with van der Waals surface area (Å²) < 4.78 is 7.49. The Morgan fingerprint density at radius 2 is 1.94 bits per heavy atom. The number of aromatic nitrogens is 3. The van der Waals surface area contributed by atoms with Crippen molar-refractivity contribution in [2.24, 2.45) is 0 Å². The number of para-hydroxylation sites is 1. The maximum absolute atomic E-state index is 12.8. The van der Waals surface area contributed by atoms with Gasteiger partial charge >= 0.3 is 0 Å². The molecular weight excluding hydrogens is 422 g/mol. The van der Waals surface area contributed by atoms with Gasteiger partial charge in [0.2, 0.25) is 5.82 Å². The molecule has 0 spiro atoms. The van der Waals surface area contributed by atoms with E-state index in [1.807, 2.05) is 86.2 Å². The molecule has 2 heterocycles. The highest BCUT2D eigenvalue weighted by atomic mass is 32.1. The van der Waals surface area contributed by atoms with E-state index in [4.69, 9.17) is 4.74 Å². The van der Waals surface area contributed by atoms with Crippen molar-refractivity contribution < 1.29 is 9.53 Å². The van der Waals surface area contributed by atoms with Gasteiger partial charge in [0.15, 0.2) is 5.82 Å². The zero-order valence-corrected chi connectivity index (χ0v) is 18.9. The first-order valence-corrected chi connectivity index (χ1v) is 11.2. The molecule has 1 N–H and O–H groups in total. The number of nitrogens with zero attached hydrogens (tertiary/aromatic N) is 4. The first-order valence-electron chi connectivity index (χ1n) is 10.3. The number of thiophene rings is 1. The largest absolute Gasteiger partial charge is 0.492 e. The van der Waals surface area contributed by atoms with Crippen LogP contribution in [0.3, 0.4) is 0 Å². The van der Waals surface area contributed by atoms with Crippen LogP contribution in [0.2, 0.25) is 0 Å². The molecule has 4 rings (SSSR count). The molecule has 0 radical (unpaired) electrons. The van der Waals surface area contributed by atoms with Gasteiger partial charge in [-0.25, -0.2) is 9.67 Å². The van der Waals surface area contributed by atoms with Crippen LogP contribution in [0.4, 0.5) is 0 Å². The number of rotatable bonds is 9. The van der Waals surface area contributed by atoms with E-state index in [2.05, 4.69) is 20.3 Å². The van der Waals surface area contributed by atoms with E-state index in [0.717, 1.165) is 28.4 Å². The lowest BCUT2D eigenvalue weighted by Gasteiger charge is -2.11. The van der Waals surface area contributed by atoms with E-state index in [0.29, 0.717) is 19.0 Å². The summed E-state index contributed by atoms with van der Waals surface area (Å²) in [5.41, 5.74) is 1.80. The monoisotopic (exact) mass is 447 g/mol. The molecule has 1 amide bonds. The number of carbonyl (C=O) groups is 1. The fraction of sp³-hybridized carbons (Fsp3) is 0.208. The van der Waals surface area contributed by atoms with Crippen LogP contribution in [-0.2, 0) is 6.54 Å². The number of nitrogens with one attached hydrogen (secondary N) is 1. The van der Waals surface area contributed by atoms with Gasteiger partial charge in [0.1, 0.15) is 12.4 Å². The number of benzene rings is 2. The fourth-order valence-corrected chi connectivity index (χ4v) is 3.77. The van der Waals surface area contributed by atoms with Crippen molar-refractivity contribution in [3.8, 4) is 22.1 Å². The van der Waals surface area contributed by atoms with Gasteiger partial charge in [-0.05, 0) is 55.4 Å². The molecule has 0 saturated carbocycles. The van der Waals surface area contributed by atoms with Crippen molar-refractivity contribution in [2.45, 2.75) is 6.54 Å². The molecule has 32 heavy (non-hydrogen) atoms. The average molecular weight is 448 g/mol. The Bertz CT molecular complexity index is 1160. The first-order chi connectivity index (χ1) is 15.6. The van der Waals surface area contributed by atoms with Gasteiger partial charge in [-0.2, -0.15) is 0 Å². The highest BCUT2D eigenvalue weighted by Crippen LogP contribution is 2.25. The Kier molecular flexibility index (Phi) is 6.94. The summed E-state index contributed by atoms with van der Waals surface area (Å²) in [4.78, 5) is 20.4. The highest BCUT2D eigenvalue weighted by Gasteiger charge is 2.19. The Morgan fingerprint density at radius 3 is 2.69 bits per heavy atom. The Balaban J connectivity index is 1.47. The van der Waals surface area contributed by atoms with Crippen molar-refractivity contribution in [3.63, 3.8) is 0 Å². The maximum Gasteiger partial charge on any atom is 0.291 e. The third-order valence-electron chi connectivity index (χ3n) is 4.71. The molecule has 4 aromatic rings. The number of amides is 1. The maximum atomic E-state index is 12.8. The summed E-state index contributed by atoms with van der Waals surface area (Å²) in [5.74, 6) is 1.24. The van der Waals surface area contributed by atoms with E-state index in [-0.39, 0.29) is 11.7 Å². The highest BCUT2D eigenvalue weighted by molar-refractivity contribution is 7.13. The molecule has 0 aliphatic heterocycles. The molecule has 164 valence electrons. The first kappa shape index (κ1) is 21.7. The van der Waals surface area contributed by atoms with Crippen molar-refractivity contribution >= 4 is 17.2 Å². The standard InChI is InChI=1S/C24H25N5O2S/c1-28(2)13-14-31-20-11-6-8-18(16-20)17-25-24(30)22-26-23(21-12-7-15-32-21)29(27-22)19-9-4-3-5-10-19/h3-12,15-16H,13-14,17H2,1-2H3,(H,25,30). The second-order valence-electron chi connectivity index (χ2n) is 7.47. The summed E-state index contributed by atoms with van der Waals surface area (Å²) in [6, 6.07) is 21.3. The van der Waals surface area contributed by atoms with Gasteiger partial charge in [0.25, 0.3) is 5.91 Å². The van der Waals surface area contributed by atoms with Crippen molar-refractivity contribution in [1.29, 1.82) is 0 Å².